The Balaban J connectivity index is 1.79. The first-order valence-corrected chi connectivity index (χ1v) is 7.92. The number of aliphatic carboxylic acids is 1. The fourth-order valence-electron chi connectivity index (χ4n) is 2.11. The van der Waals surface area contributed by atoms with Crippen molar-refractivity contribution in [2.45, 2.75) is 12.3 Å². The van der Waals surface area contributed by atoms with Crippen LogP contribution in [-0.4, -0.2) is 36.5 Å². The summed E-state index contributed by atoms with van der Waals surface area (Å²) >= 11 is 5.82. The third-order valence-corrected chi connectivity index (χ3v) is 3.61. The van der Waals surface area contributed by atoms with Crippen LogP contribution in [0.5, 0.6) is 0 Å². The zero-order valence-corrected chi connectivity index (χ0v) is 14.3. The van der Waals surface area contributed by atoms with Crippen LogP contribution in [0, 0.1) is 0 Å². The number of carboxylic acid groups (broad SMARTS) is 1. The van der Waals surface area contributed by atoms with Gasteiger partial charge in [-0.05, 0) is 29.8 Å². The van der Waals surface area contributed by atoms with Crippen molar-refractivity contribution in [3.05, 3.63) is 59.0 Å². The van der Waals surface area contributed by atoms with Gasteiger partial charge in [0, 0.05) is 17.5 Å². The molecule has 0 aliphatic heterocycles. The number of rotatable bonds is 8. The van der Waals surface area contributed by atoms with E-state index in [0.717, 1.165) is 0 Å². The van der Waals surface area contributed by atoms with E-state index in [1.807, 2.05) is 0 Å². The van der Waals surface area contributed by atoms with Crippen LogP contribution in [0.4, 0.5) is 4.79 Å². The lowest BCUT2D eigenvalue weighted by Gasteiger charge is -2.16. The summed E-state index contributed by atoms with van der Waals surface area (Å²) in [4.78, 5) is 34.2. The third-order valence-electron chi connectivity index (χ3n) is 3.36. The molecular weight excluding hydrogens is 366 g/mol. The quantitative estimate of drug-likeness (QED) is 0.533. The summed E-state index contributed by atoms with van der Waals surface area (Å²) in [5.41, 5.74) is 0.710. The van der Waals surface area contributed by atoms with E-state index in [1.165, 1.54) is 18.4 Å². The first kappa shape index (κ1) is 19.3. The lowest BCUT2D eigenvalue weighted by molar-refractivity contribution is -0.137. The normalized spacial score (nSPS) is 11.4. The Morgan fingerprint density at radius 1 is 1.15 bits per heavy atom. The summed E-state index contributed by atoms with van der Waals surface area (Å²) in [7, 11) is 0. The Kier molecular flexibility index (Phi) is 7.04. The summed E-state index contributed by atoms with van der Waals surface area (Å²) in [6, 6.07) is 9.58. The molecule has 0 unspecified atom stereocenters. The van der Waals surface area contributed by atoms with Crippen molar-refractivity contribution in [1.29, 1.82) is 0 Å². The van der Waals surface area contributed by atoms with E-state index in [9.17, 15) is 14.4 Å². The number of furan rings is 1. The monoisotopic (exact) mass is 381 g/mol. The summed E-state index contributed by atoms with van der Waals surface area (Å²) in [5.74, 6) is -2.26. The topological polar surface area (TPSA) is 115 Å². The Bertz CT molecular complexity index is 743. The molecule has 0 aliphatic carbocycles. The lowest BCUT2D eigenvalue weighted by Crippen LogP contribution is -2.30. The number of hydrogen-bond acceptors (Lipinski definition) is 6. The van der Waals surface area contributed by atoms with Crippen molar-refractivity contribution < 1.29 is 33.4 Å². The molecule has 1 aromatic heterocycles. The maximum Gasteiger partial charge on any atom is 0.410 e. The van der Waals surface area contributed by atoms with Crippen LogP contribution >= 0.6 is 11.6 Å². The number of ether oxygens (including phenoxy) is 2. The fourth-order valence-corrected chi connectivity index (χ4v) is 2.24. The molecule has 1 atom stereocenters. The summed E-state index contributed by atoms with van der Waals surface area (Å²) in [5, 5.41) is 12.0. The minimum Gasteiger partial charge on any atom is -0.481 e. The van der Waals surface area contributed by atoms with Gasteiger partial charge in [0.2, 0.25) is 12.6 Å². The molecule has 2 rings (SSSR count). The van der Waals surface area contributed by atoms with Crippen molar-refractivity contribution in [3.63, 3.8) is 0 Å². The van der Waals surface area contributed by atoms with Gasteiger partial charge in [-0.3, -0.25) is 4.79 Å². The lowest BCUT2D eigenvalue weighted by atomic mass is 9.96. The van der Waals surface area contributed by atoms with Gasteiger partial charge in [0.05, 0.1) is 12.7 Å². The number of carbonyl (C=O) groups is 3. The maximum absolute atomic E-state index is 11.7. The molecule has 2 N–H and O–H groups in total. The Morgan fingerprint density at radius 2 is 1.88 bits per heavy atom. The van der Waals surface area contributed by atoms with Gasteiger partial charge in [0.25, 0.3) is 0 Å². The molecule has 0 aliphatic rings. The van der Waals surface area contributed by atoms with Crippen molar-refractivity contribution in [1.82, 2.24) is 5.32 Å². The minimum absolute atomic E-state index is 0.0155. The molecule has 26 heavy (non-hydrogen) atoms. The number of hydrogen-bond donors (Lipinski definition) is 2. The first-order chi connectivity index (χ1) is 12.5. The van der Waals surface area contributed by atoms with E-state index >= 15 is 0 Å². The van der Waals surface area contributed by atoms with Crippen molar-refractivity contribution in [2.75, 3.05) is 13.3 Å². The van der Waals surface area contributed by atoms with Gasteiger partial charge in [-0.15, -0.1) is 0 Å². The van der Waals surface area contributed by atoms with Crippen molar-refractivity contribution in [2.24, 2.45) is 0 Å². The molecule has 0 saturated heterocycles. The fraction of sp³-hybridized carbons (Fsp3) is 0.235. The van der Waals surface area contributed by atoms with E-state index in [-0.39, 0.29) is 18.7 Å². The highest BCUT2D eigenvalue weighted by atomic mass is 35.5. The number of esters is 1. The van der Waals surface area contributed by atoms with E-state index in [1.54, 1.807) is 24.3 Å². The number of carbonyl (C=O) groups excluding carboxylic acids is 2. The smallest absolute Gasteiger partial charge is 0.410 e. The molecule has 0 fully saturated rings. The summed E-state index contributed by atoms with van der Waals surface area (Å²) in [6.07, 6.45) is 0.278. The zero-order chi connectivity index (χ0) is 18.9. The van der Waals surface area contributed by atoms with E-state index < -0.39 is 30.7 Å². The number of alkyl carbamates (subject to hydrolysis) is 1. The highest BCUT2D eigenvalue weighted by molar-refractivity contribution is 6.30. The number of benzene rings is 1. The van der Waals surface area contributed by atoms with Crippen molar-refractivity contribution in [3.8, 4) is 0 Å². The van der Waals surface area contributed by atoms with Crippen LogP contribution in [0.2, 0.25) is 5.02 Å². The Hall–Kier alpha value is -3.00. The number of nitrogens with one attached hydrogen (secondary N) is 1. The highest BCUT2D eigenvalue weighted by Crippen LogP contribution is 2.21. The van der Waals surface area contributed by atoms with Crippen molar-refractivity contribution >= 4 is 29.6 Å². The standard InChI is InChI=1S/C17H16ClNO7/c18-13-5-3-11(4-6-13)12(8-15(20)21)9-19-17(23)26-10-25-16(22)14-2-1-7-24-14/h1-7,12H,8-10H2,(H,19,23)(H,20,21)/t12-/m0/s1. The van der Waals surface area contributed by atoms with Crippen LogP contribution in [0.25, 0.3) is 0 Å². The van der Waals surface area contributed by atoms with Crippen LogP contribution in [0.1, 0.15) is 28.5 Å². The predicted molar refractivity (Wildman–Crippen MR) is 89.9 cm³/mol. The predicted octanol–water partition coefficient (Wildman–Crippen LogP) is 3.03. The van der Waals surface area contributed by atoms with Crippen LogP contribution in [-0.2, 0) is 14.3 Å². The summed E-state index contributed by atoms with van der Waals surface area (Å²) in [6.45, 7) is -0.575. The van der Waals surface area contributed by atoms with Gasteiger partial charge in [0.1, 0.15) is 0 Å². The number of halogens is 1. The van der Waals surface area contributed by atoms with Gasteiger partial charge in [0.15, 0.2) is 0 Å². The zero-order valence-electron chi connectivity index (χ0n) is 13.5. The van der Waals surface area contributed by atoms with Gasteiger partial charge < -0.3 is 24.3 Å². The molecule has 9 heteroatoms. The molecule has 138 valence electrons. The molecule has 1 heterocycles. The van der Waals surface area contributed by atoms with Crippen LogP contribution in [0.15, 0.2) is 47.1 Å². The second-order valence-corrected chi connectivity index (χ2v) is 5.62. The largest absolute Gasteiger partial charge is 0.481 e. The molecule has 1 aromatic carbocycles. The molecule has 1 amide bonds. The van der Waals surface area contributed by atoms with Gasteiger partial charge in [-0.25, -0.2) is 9.59 Å². The molecule has 0 saturated carbocycles. The molecule has 8 nitrogen and oxygen atoms in total. The molecule has 2 aromatic rings. The summed E-state index contributed by atoms with van der Waals surface area (Å²) < 4.78 is 14.2. The van der Waals surface area contributed by atoms with E-state index in [4.69, 9.17) is 30.6 Å². The first-order valence-electron chi connectivity index (χ1n) is 7.54. The molecule has 0 radical (unpaired) electrons. The van der Waals surface area contributed by atoms with Gasteiger partial charge in [-0.1, -0.05) is 23.7 Å². The van der Waals surface area contributed by atoms with Crippen LogP contribution in [0.3, 0.4) is 0 Å². The third kappa shape index (κ3) is 6.14. The van der Waals surface area contributed by atoms with Gasteiger partial charge >= 0.3 is 18.0 Å². The average Bonchev–Trinajstić information content (AvgIpc) is 3.13. The molecular formula is C17H16ClNO7. The number of carboxylic acids is 1. The SMILES string of the molecule is O=C(O)C[C@@H](CNC(=O)OCOC(=O)c1ccco1)c1ccc(Cl)cc1. The van der Waals surface area contributed by atoms with Gasteiger partial charge in [-0.2, -0.15) is 0 Å². The Labute approximate surface area is 153 Å². The minimum atomic E-state index is -1.01. The average molecular weight is 382 g/mol. The highest BCUT2D eigenvalue weighted by Gasteiger charge is 2.17. The maximum atomic E-state index is 11.7. The van der Waals surface area contributed by atoms with Crippen LogP contribution < -0.4 is 5.32 Å². The molecule has 0 spiro atoms. The second-order valence-electron chi connectivity index (χ2n) is 5.19. The second kappa shape index (κ2) is 9.47. The van der Waals surface area contributed by atoms with E-state index in [2.05, 4.69) is 5.32 Å². The van der Waals surface area contributed by atoms with E-state index in [0.29, 0.717) is 10.6 Å². The molecule has 0 bridgehead atoms. The Morgan fingerprint density at radius 3 is 2.50 bits per heavy atom. The number of amides is 1.